The molecule has 0 atom stereocenters. The summed E-state index contributed by atoms with van der Waals surface area (Å²) in [6.45, 7) is 4.83. The fourth-order valence-electron chi connectivity index (χ4n) is 0.973. The Kier molecular flexibility index (Phi) is 1.83. The standard InChI is InChI=1S/C6H11NO2S/c1-6-3-4-7(5-6)10(2,8)9/h1,3-5H2,2H3. The topological polar surface area (TPSA) is 37.4 Å². The first kappa shape index (κ1) is 7.75. The first-order valence-corrected chi connectivity index (χ1v) is 4.97. The van der Waals surface area contributed by atoms with E-state index < -0.39 is 10.0 Å². The molecular weight excluding hydrogens is 150 g/mol. The summed E-state index contributed by atoms with van der Waals surface area (Å²) < 4.78 is 23.2. The molecule has 0 N–H and O–H groups in total. The van der Waals surface area contributed by atoms with Gasteiger partial charge >= 0.3 is 0 Å². The van der Waals surface area contributed by atoms with E-state index >= 15 is 0 Å². The van der Waals surface area contributed by atoms with Crippen molar-refractivity contribution in [3.05, 3.63) is 12.2 Å². The highest BCUT2D eigenvalue weighted by Gasteiger charge is 2.22. The monoisotopic (exact) mass is 161 g/mol. The molecule has 0 aliphatic carbocycles. The van der Waals surface area contributed by atoms with Crippen molar-refractivity contribution in [1.82, 2.24) is 4.31 Å². The molecule has 1 saturated heterocycles. The van der Waals surface area contributed by atoms with Crippen LogP contribution in [0.25, 0.3) is 0 Å². The zero-order valence-corrected chi connectivity index (χ0v) is 6.82. The predicted molar refractivity (Wildman–Crippen MR) is 40.2 cm³/mol. The maximum Gasteiger partial charge on any atom is 0.211 e. The van der Waals surface area contributed by atoms with Crippen molar-refractivity contribution in [3.63, 3.8) is 0 Å². The van der Waals surface area contributed by atoms with Crippen LogP contribution in [0.2, 0.25) is 0 Å². The Morgan fingerprint density at radius 3 is 2.40 bits per heavy atom. The quantitative estimate of drug-likeness (QED) is 0.515. The van der Waals surface area contributed by atoms with Crippen LogP contribution in [0.5, 0.6) is 0 Å². The molecule has 0 amide bonds. The number of rotatable bonds is 1. The Bertz CT molecular complexity index is 242. The zero-order chi connectivity index (χ0) is 7.78. The molecule has 0 aromatic rings. The summed E-state index contributed by atoms with van der Waals surface area (Å²) in [5, 5.41) is 0. The molecule has 4 heteroatoms. The van der Waals surface area contributed by atoms with Gasteiger partial charge in [-0.1, -0.05) is 12.2 Å². The zero-order valence-electron chi connectivity index (χ0n) is 6.00. The molecule has 1 heterocycles. The van der Waals surface area contributed by atoms with Gasteiger partial charge in [-0.2, -0.15) is 4.31 Å². The van der Waals surface area contributed by atoms with E-state index in [2.05, 4.69) is 6.58 Å². The molecule has 0 spiro atoms. The lowest BCUT2D eigenvalue weighted by Crippen LogP contribution is -2.26. The molecule has 1 fully saturated rings. The molecule has 0 saturated carbocycles. The highest BCUT2D eigenvalue weighted by atomic mass is 32.2. The lowest BCUT2D eigenvalue weighted by atomic mass is 10.3. The molecule has 58 valence electrons. The van der Waals surface area contributed by atoms with E-state index in [9.17, 15) is 8.42 Å². The van der Waals surface area contributed by atoms with Gasteiger partial charge in [0, 0.05) is 13.1 Å². The van der Waals surface area contributed by atoms with Crippen LogP contribution in [0.3, 0.4) is 0 Å². The van der Waals surface area contributed by atoms with E-state index in [1.54, 1.807) is 0 Å². The Labute approximate surface area is 61.4 Å². The summed E-state index contributed by atoms with van der Waals surface area (Å²) in [4.78, 5) is 0. The highest BCUT2D eigenvalue weighted by Crippen LogP contribution is 2.15. The van der Waals surface area contributed by atoms with Gasteiger partial charge in [-0.05, 0) is 6.42 Å². The number of sulfonamides is 1. The van der Waals surface area contributed by atoms with E-state index in [1.807, 2.05) is 0 Å². The highest BCUT2D eigenvalue weighted by molar-refractivity contribution is 7.88. The Morgan fingerprint density at radius 2 is 2.20 bits per heavy atom. The third-order valence-electron chi connectivity index (χ3n) is 1.58. The summed E-state index contributed by atoms with van der Waals surface area (Å²) in [5.74, 6) is 0. The van der Waals surface area contributed by atoms with Crippen LogP contribution in [0.1, 0.15) is 6.42 Å². The second-order valence-electron chi connectivity index (χ2n) is 2.60. The van der Waals surface area contributed by atoms with Crippen molar-refractivity contribution in [3.8, 4) is 0 Å². The van der Waals surface area contributed by atoms with Gasteiger partial charge in [0.2, 0.25) is 10.0 Å². The summed E-state index contributed by atoms with van der Waals surface area (Å²) >= 11 is 0. The lowest BCUT2D eigenvalue weighted by molar-refractivity contribution is 0.487. The van der Waals surface area contributed by atoms with Gasteiger partial charge in [0.05, 0.1) is 6.26 Å². The molecule has 3 nitrogen and oxygen atoms in total. The third-order valence-corrected chi connectivity index (χ3v) is 2.83. The molecule has 0 unspecified atom stereocenters. The van der Waals surface area contributed by atoms with Gasteiger partial charge in [0.15, 0.2) is 0 Å². The van der Waals surface area contributed by atoms with E-state index in [-0.39, 0.29) is 0 Å². The second-order valence-corrected chi connectivity index (χ2v) is 4.58. The van der Waals surface area contributed by atoms with Crippen molar-refractivity contribution >= 4 is 10.0 Å². The maximum atomic E-state index is 10.9. The molecule has 0 radical (unpaired) electrons. The lowest BCUT2D eigenvalue weighted by Gasteiger charge is -2.09. The van der Waals surface area contributed by atoms with Gasteiger partial charge in [0.25, 0.3) is 0 Å². The first-order chi connectivity index (χ1) is 4.50. The third kappa shape index (κ3) is 1.58. The van der Waals surface area contributed by atoms with Crippen molar-refractivity contribution in [1.29, 1.82) is 0 Å². The largest absolute Gasteiger partial charge is 0.212 e. The number of hydrogen-bond donors (Lipinski definition) is 0. The van der Waals surface area contributed by atoms with Crippen molar-refractivity contribution in [2.75, 3.05) is 19.3 Å². The second kappa shape index (κ2) is 2.36. The maximum absolute atomic E-state index is 10.9. The fraction of sp³-hybridized carbons (Fsp3) is 0.667. The summed E-state index contributed by atoms with van der Waals surface area (Å²) in [5.41, 5.74) is 1.01. The van der Waals surface area contributed by atoms with Gasteiger partial charge in [0.1, 0.15) is 0 Å². The normalized spacial score (nSPS) is 21.9. The van der Waals surface area contributed by atoms with Crippen LogP contribution in [0, 0.1) is 0 Å². The van der Waals surface area contributed by atoms with Gasteiger partial charge in [-0.3, -0.25) is 0 Å². The number of nitrogens with zero attached hydrogens (tertiary/aromatic N) is 1. The van der Waals surface area contributed by atoms with Crippen LogP contribution in [0.15, 0.2) is 12.2 Å². The molecular formula is C6H11NO2S. The minimum atomic E-state index is -2.96. The summed E-state index contributed by atoms with van der Waals surface area (Å²) in [7, 11) is -2.96. The molecule has 0 aromatic carbocycles. The van der Waals surface area contributed by atoms with Gasteiger partial charge < -0.3 is 0 Å². The van der Waals surface area contributed by atoms with Crippen LogP contribution in [-0.2, 0) is 10.0 Å². The molecule has 1 aliphatic rings. The molecule has 1 rings (SSSR count). The molecule has 1 aliphatic heterocycles. The smallest absolute Gasteiger partial charge is 0.211 e. The van der Waals surface area contributed by atoms with Crippen LogP contribution < -0.4 is 0 Å². The molecule has 0 aromatic heterocycles. The summed E-state index contributed by atoms with van der Waals surface area (Å²) in [6.07, 6.45) is 2.04. The minimum Gasteiger partial charge on any atom is -0.212 e. The fourth-order valence-corrected chi connectivity index (χ4v) is 1.81. The SMILES string of the molecule is C=C1CCN(S(C)(=O)=O)C1. The van der Waals surface area contributed by atoms with Gasteiger partial charge in [-0.15, -0.1) is 0 Å². The minimum absolute atomic E-state index is 0.513. The van der Waals surface area contributed by atoms with E-state index in [4.69, 9.17) is 0 Å². The van der Waals surface area contributed by atoms with E-state index in [0.29, 0.717) is 13.1 Å². The average molecular weight is 161 g/mol. The van der Waals surface area contributed by atoms with E-state index in [0.717, 1.165) is 12.0 Å². The van der Waals surface area contributed by atoms with Crippen molar-refractivity contribution in [2.24, 2.45) is 0 Å². The Morgan fingerprint density at radius 1 is 1.60 bits per heavy atom. The number of hydrogen-bond acceptors (Lipinski definition) is 2. The van der Waals surface area contributed by atoms with Crippen molar-refractivity contribution < 1.29 is 8.42 Å². The summed E-state index contributed by atoms with van der Waals surface area (Å²) in [6, 6.07) is 0. The van der Waals surface area contributed by atoms with Crippen LogP contribution in [0.4, 0.5) is 0 Å². The first-order valence-electron chi connectivity index (χ1n) is 3.12. The van der Waals surface area contributed by atoms with Crippen molar-refractivity contribution in [2.45, 2.75) is 6.42 Å². The van der Waals surface area contributed by atoms with Gasteiger partial charge in [-0.25, -0.2) is 8.42 Å². The van der Waals surface area contributed by atoms with Crippen LogP contribution >= 0.6 is 0 Å². The van der Waals surface area contributed by atoms with Crippen LogP contribution in [-0.4, -0.2) is 32.1 Å². The van der Waals surface area contributed by atoms with E-state index in [1.165, 1.54) is 10.6 Å². The Balaban J connectivity index is 2.71. The molecule has 10 heavy (non-hydrogen) atoms. The average Bonchev–Trinajstić information content (AvgIpc) is 2.11. The Hall–Kier alpha value is -0.350. The molecule has 0 bridgehead atoms. The predicted octanol–water partition coefficient (Wildman–Crippen LogP) is 0.208.